The average molecular weight is 495 g/mol. The monoisotopic (exact) mass is 494 g/mol. The van der Waals surface area contributed by atoms with Crippen LogP contribution in [0.15, 0.2) is 0 Å². The molecule has 0 heterocycles. The molecule has 2 unspecified atom stereocenters. The van der Waals surface area contributed by atoms with Crippen LogP contribution in [0.4, 0.5) is 0 Å². The van der Waals surface area contributed by atoms with Gasteiger partial charge in [-0.15, -0.1) is 0 Å². The normalized spacial score (nSPS) is 13.7. The zero-order valence-corrected chi connectivity index (χ0v) is 20.4. The van der Waals surface area contributed by atoms with Crippen molar-refractivity contribution in [2.75, 3.05) is 11.5 Å². The van der Waals surface area contributed by atoms with Gasteiger partial charge in [-0.25, -0.2) is 0 Å². The molecule has 0 aromatic rings. The molecule has 0 aliphatic heterocycles. The number of carbonyl (C=O) groups excluding carboxylic acids is 2. The molecule has 0 aromatic carbocycles. The number of hydrogen-bond acceptors (Lipinski definition) is 8. The summed E-state index contributed by atoms with van der Waals surface area (Å²) in [7, 11) is -8.11. The number of hydrogen-bond donors (Lipinski definition) is 0. The first kappa shape index (κ1) is 33.0. The van der Waals surface area contributed by atoms with Gasteiger partial charge in [0.2, 0.25) is 0 Å². The third-order valence-corrected chi connectivity index (χ3v) is 7.58. The summed E-state index contributed by atoms with van der Waals surface area (Å²) in [6.07, 6.45) is 5.29. The van der Waals surface area contributed by atoms with Crippen LogP contribution in [0.2, 0.25) is 0 Å². The van der Waals surface area contributed by atoms with E-state index in [1.54, 1.807) is 0 Å². The molecule has 180 valence electrons. The van der Waals surface area contributed by atoms with Crippen molar-refractivity contribution in [2.24, 2.45) is 11.8 Å². The molecule has 0 aromatic heterocycles. The Morgan fingerprint density at radius 1 is 0.677 bits per heavy atom. The van der Waals surface area contributed by atoms with Gasteiger partial charge in [0.05, 0.1) is 24.3 Å². The van der Waals surface area contributed by atoms with Gasteiger partial charge in [-0.3, -0.25) is 9.59 Å². The summed E-state index contributed by atoms with van der Waals surface area (Å²) in [4.78, 5) is 23.6. The molecule has 0 fully saturated rings. The molecule has 2 atom stereocenters. The maximum absolute atomic E-state index is 12.0. The number of rotatable bonds is 17. The fourth-order valence-corrected chi connectivity index (χ4v) is 5.84. The van der Waals surface area contributed by atoms with Crippen LogP contribution in [0.1, 0.15) is 91.9 Å². The molecule has 0 saturated heterocycles. The molecule has 31 heavy (non-hydrogen) atoms. The Kier molecular flexibility index (Phi) is 18.5. The van der Waals surface area contributed by atoms with E-state index in [2.05, 4.69) is 8.37 Å². The van der Waals surface area contributed by atoms with Gasteiger partial charge in [0.15, 0.2) is 0 Å². The molecule has 0 aliphatic carbocycles. The predicted octanol–water partition coefficient (Wildman–Crippen LogP) is 3.30. The molecule has 0 N–H and O–H groups in total. The summed E-state index contributed by atoms with van der Waals surface area (Å²) in [5, 5.41) is 0. The molecule has 0 rings (SSSR count). The molecular weight excluding hydrogens is 455 g/mol. The van der Waals surface area contributed by atoms with E-state index >= 15 is 0 Å². The number of carbonyl (C=O) groups is 2. The van der Waals surface area contributed by atoms with Gasteiger partial charge in [0, 0.05) is 0 Å². The van der Waals surface area contributed by atoms with E-state index in [0.717, 1.165) is 38.5 Å². The van der Waals surface area contributed by atoms with Crippen molar-refractivity contribution in [3.8, 4) is 0 Å². The maximum atomic E-state index is 12.0. The second-order valence-corrected chi connectivity index (χ2v) is 10.9. The first-order valence-electron chi connectivity index (χ1n) is 10.9. The van der Waals surface area contributed by atoms with E-state index < -0.39 is 45.0 Å². The van der Waals surface area contributed by atoms with Crippen LogP contribution in [-0.2, 0) is 38.2 Å². The number of unbranched alkanes of at least 4 members (excludes halogenated alkanes) is 2. The van der Waals surface area contributed by atoms with Crippen LogP contribution in [0, 0.1) is 11.8 Å². The van der Waals surface area contributed by atoms with Crippen molar-refractivity contribution >= 4 is 61.7 Å². The Hall–Kier alpha value is -0.160. The molecular formula is C20H39NaO8S2. The van der Waals surface area contributed by atoms with Crippen LogP contribution in [0.5, 0.6) is 0 Å². The summed E-state index contributed by atoms with van der Waals surface area (Å²) in [5.41, 5.74) is 0. The zero-order chi connectivity index (χ0) is 23.2. The second kappa shape index (κ2) is 17.3. The fraction of sp³-hybridized carbons (Fsp3) is 0.900. The third-order valence-electron chi connectivity index (χ3n) is 4.94. The van der Waals surface area contributed by atoms with Gasteiger partial charge >= 0.3 is 61.7 Å². The van der Waals surface area contributed by atoms with Crippen molar-refractivity contribution in [2.45, 2.75) is 91.9 Å². The first-order chi connectivity index (χ1) is 14.0. The van der Waals surface area contributed by atoms with Crippen LogP contribution in [0.25, 0.3) is 0 Å². The second-order valence-electron chi connectivity index (χ2n) is 7.69. The van der Waals surface area contributed by atoms with E-state index in [-0.39, 0.29) is 52.9 Å². The standard InChI is InChI=1S/C20H38O8S2.Na.H/c1-5-9-11-17(7-3)15-29(23,24)27-19(21)13-14-20(22)28-30(25,26)16-18(8-4)12-10-6-2;;/h17-18H,5-16H2,1-4H3;;. The first-order valence-corrected chi connectivity index (χ1v) is 14.0. The van der Waals surface area contributed by atoms with Crippen molar-refractivity contribution in [1.29, 1.82) is 0 Å². The van der Waals surface area contributed by atoms with Crippen LogP contribution in [0.3, 0.4) is 0 Å². The van der Waals surface area contributed by atoms with Crippen molar-refractivity contribution in [1.82, 2.24) is 0 Å². The van der Waals surface area contributed by atoms with Gasteiger partial charge < -0.3 is 8.37 Å². The van der Waals surface area contributed by atoms with Gasteiger partial charge in [-0.05, 0) is 24.7 Å². The Morgan fingerprint density at radius 2 is 1.00 bits per heavy atom. The summed E-state index contributed by atoms with van der Waals surface area (Å²) in [6.45, 7) is 7.77. The zero-order valence-electron chi connectivity index (χ0n) is 18.7. The topological polar surface area (TPSA) is 121 Å². The summed E-state index contributed by atoms with van der Waals surface area (Å²) >= 11 is 0. The summed E-state index contributed by atoms with van der Waals surface area (Å²) in [5.74, 6) is -2.91. The van der Waals surface area contributed by atoms with Crippen molar-refractivity contribution in [3.63, 3.8) is 0 Å². The van der Waals surface area contributed by atoms with Crippen LogP contribution in [-0.4, -0.2) is 69.8 Å². The molecule has 0 amide bonds. The summed E-state index contributed by atoms with van der Waals surface area (Å²) < 4.78 is 57.2. The molecule has 8 nitrogen and oxygen atoms in total. The average Bonchev–Trinajstić information content (AvgIpc) is 2.65. The van der Waals surface area contributed by atoms with Gasteiger partial charge in [0.25, 0.3) is 0 Å². The minimum atomic E-state index is -4.05. The Bertz CT molecular complexity index is 657. The molecule has 0 aliphatic rings. The quantitative estimate of drug-likeness (QED) is 0.223. The molecule has 0 spiro atoms. The van der Waals surface area contributed by atoms with E-state index in [4.69, 9.17) is 0 Å². The Labute approximate surface area is 210 Å². The van der Waals surface area contributed by atoms with Crippen molar-refractivity contribution < 1.29 is 34.8 Å². The minimum absolute atomic E-state index is 0. The van der Waals surface area contributed by atoms with Crippen LogP contribution >= 0.6 is 0 Å². The fourth-order valence-electron chi connectivity index (χ4n) is 3.01. The summed E-state index contributed by atoms with van der Waals surface area (Å²) in [6, 6.07) is 0. The molecule has 0 radical (unpaired) electrons. The van der Waals surface area contributed by atoms with Gasteiger partial charge in [0.1, 0.15) is 0 Å². The SMILES string of the molecule is CCCCC(CC)CS(=O)(=O)OC(=O)CCC(=O)OS(=O)(=O)CC(CC)CCCC.[NaH]. The Balaban J connectivity index is 0. The van der Waals surface area contributed by atoms with Crippen molar-refractivity contribution in [3.05, 3.63) is 0 Å². The molecule has 11 heteroatoms. The van der Waals surface area contributed by atoms with E-state index in [1.165, 1.54) is 0 Å². The van der Waals surface area contributed by atoms with Crippen LogP contribution < -0.4 is 0 Å². The van der Waals surface area contributed by atoms with Gasteiger partial charge in [-0.1, -0.05) is 66.2 Å². The predicted molar refractivity (Wildman–Crippen MR) is 123 cm³/mol. The molecule has 0 bridgehead atoms. The van der Waals surface area contributed by atoms with Gasteiger partial charge in [-0.2, -0.15) is 16.8 Å². The Morgan fingerprint density at radius 3 is 1.26 bits per heavy atom. The van der Waals surface area contributed by atoms with E-state index in [1.807, 2.05) is 27.7 Å². The molecule has 0 saturated carbocycles. The third kappa shape index (κ3) is 17.0. The van der Waals surface area contributed by atoms with E-state index in [9.17, 15) is 26.4 Å². The van der Waals surface area contributed by atoms with E-state index in [0.29, 0.717) is 12.8 Å².